The van der Waals surface area contributed by atoms with Gasteiger partial charge in [-0.1, -0.05) is 15.9 Å². The fourth-order valence-corrected chi connectivity index (χ4v) is 2.82. The van der Waals surface area contributed by atoms with Crippen LogP contribution in [0, 0.1) is 15.9 Å². The second-order valence-electron chi connectivity index (χ2n) is 6.22. The maximum Gasteiger partial charge on any atom is 0.311 e. The van der Waals surface area contributed by atoms with Gasteiger partial charge < -0.3 is 15.0 Å². The second kappa shape index (κ2) is 8.44. The average Bonchev–Trinajstić information content (AvgIpc) is 2.63. The summed E-state index contributed by atoms with van der Waals surface area (Å²) in [5, 5.41) is 14.8. The minimum atomic E-state index is -0.526. The maximum atomic E-state index is 14.1. The highest BCUT2D eigenvalue weighted by Gasteiger charge is 2.20. The van der Waals surface area contributed by atoms with Crippen molar-refractivity contribution in [3.8, 4) is 5.75 Å². The van der Waals surface area contributed by atoms with Crippen molar-refractivity contribution < 1.29 is 14.1 Å². The van der Waals surface area contributed by atoms with Gasteiger partial charge in [-0.25, -0.2) is 14.4 Å². The predicted molar refractivity (Wildman–Crippen MR) is 108 cm³/mol. The van der Waals surface area contributed by atoms with Crippen molar-refractivity contribution in [3.63, 3.8) is 0 Å². The van der Waals surface area contributed by atoms with E-state index >= 15 is 0 Å². The van der Waals surface area contributed by atoms with Crippen LogP contribution < -0.4 is 10.1 Å². The summed E-state index contributed by atoms with van der Waals surface area (Å²) < 4.78 is 20.3. The van der Waals surface area contributed by atoms with Crippen LogP contribution in [-0.2, 0) is 0 Å². The Labute approximate surface area is 168 Å². The molecule has 0 saturated carbocycles. The number of likely N-dealkylation sites (N-methyl/N-ethyl adjacent to an activating group) is 1. The van der Waals surface area contributed by atoms with Gasteiger partial charge in [0.15, 0.2) is 5.75 Å². The monoisotopic (exact) mass is 449 g/mol. The molecule has 8 nitrogen and oxygen atoms in total. The third kappa shape index (κ3) is 4.52. The molecule has 2 aromatic carbocycles. The lowest BCUT2D eigenvalue weighted by Crippen LogP contribution is -2.19. The first kappa shape index (κ1) is 19.9. The van der Waals surface area contributed by atoms with E-state index in [1.807, 2.05) is 19.0 Å². The minimum absolute atomic E-state index is 0.124. The molecule has 10 heteroatoms. The fourth-order valence-electron chi connectivity index (χ4n) is 2.49. The number of aromatic nitrogens is 2. The molecule has 0 aliphatic rings. The van der Waals surface area contributed by atoms with Crippen molar-refractivity contribution in [2.75, 3.05) is 32.6 Å². The zero-order valence-corrected chi connectivity index (χ0v) is 16.7. The predicted octanol–water partition coefficient (Wildman–Crippen LogP) is 4.12. The van der Waals surface area contributed by atoms with Gasteiger partial charge >= 0.3 is 5.69 Å². The zero-order chi connectivity index (χ0) is 20.3. The Bertz CT molecular complexity index is 1030. The van der Waals surface area contributed by atoms with E-state index in [0.717, 1.165) is 0 Å². The largest absolute Gasteiger partial charge is 0.485 e. The average molecular weight is 450 g/mol. The van der Waals surface area contributed by atoms with Gasteiger partial charge in [0.05, 0.1) is 21.5 Å². The Kier molecular flexibility index (Phi) is 6.00. The van der Waals surface area contributed by atoms with E-state index in [2.05, 4.69) is 31.2 Å². The standard InChI is InChI=1S/C18H17BrFN5O3/c1-24(2)5-6-28-17-9-15-12(8-16(17)25(26)27)18(22-10-21-15)23-14-4-3-11(19)7-13(14)20/h3-4,7-10H,5-6H2,1-2H3,(H,21,22,23). The van der Waals surface area contributed by atoms with E-state index in [1.54, 1.807) is 12.1 Å². The molecule has 3 rings (SSSR count). The van der Waals surface area contributed by atoms with Gasteiger partial charge in [-0.15, -0.1) is 0 Å². The van der Waals surface area contributed by atoms with Gasteiger partial charge in [-0.3, -0.25) is 10.1 Å². The third-order valence-corrected chi connectivity index (χ3v) is 4.39. The highest BCUT2D eigenvalue weighted by Crippen LogP contribution is 2.35. The Balaban J connectivity index is 2.01. The van der Waals surface area contributed by atoms with Crippen LogP contribution in [0.25, 0.3) is 10.9 Å². The number of halogens is 2. The minimum Gasteiger partial charge on any atom is -0.485 e. The van der Waals surface area contributed by atoms with Gasteiger partial charge in [0.2, 0.25) is 0 Å². The number of nitro groups is 1. The van der Waals surface area contributed by atoms with Crippen LogP contribution in [0.3, 0.4) is 0 Å². The van der Waals surface area contributed by atoms with Crippen LogP contribution in [0.1, 0.15) is 0 Å². The molecule has 3 aromatic rings. The molecule has 0 atom stereocenters. The number of hydrogen-bond acceptors (Lipinski definition) is 7. The molecule has 0 radical (unpaired) electrons. The molecule has 1 N–H and O–H groups in total. The zero-order valence-electron chi connectivity index (χ0n) is 15.1. The molecule has 0 spiro atoms. The van der Waals surface area contributed by atoms with Crippen molar-refractivity contribution in [2.24, 2.45) is 0 Å². The number of rotatable bonds is 7. The van der Waals surface area contributed by atoms with E-state index < -0.39 is 10.7 Å². The van der Waals surface area contributed by atoms with E-state index in [9.17, 15) is 14.5 Å². The number of hydrogen-bond donors (Lipinski definition) is 1. The van der Waals surface area contributed by atoms with Gasteiger partial charge in [0.1, 0.15) is 24.6 Å². The lowest BCUT2D eigenvalue weighted by atomic mass is 10.2. The van der Waals surface area contributed by atoms with Crippen LogP contribution in [0.5, 0.6) is 5.75 Å². The van der Waals surface area contributed by atoms with E-state index in [1.165, 1.54) is 24.5 Å². The number of fused-ring (bicyclic) bond motifs is 1. The first-order valence-corrected chi connectivity index (χ1v) is 9.07. The number of nitro benzene ring substituents is 1. The van der Waals surface area contributed by atoms with Crippen LogP contribution >= 0.6 is 15.9 Å². The fraction of sp³-hybridized carbons (Fsp3) is 0.222. The molecular formula is C18H17BrFN5O3. The van der Waals surface area contributed by atoms with Gasteiger partial charge in [-0.05, 0) is 32.3 Å². The van der Waals surface area contributed by atoms with Crippen molar-refractivity contribution in [2.45, 2.75) is 0 Å². The lowest BCUT2D eigenvalue weighted by Gasteiger charge is -2.13. The Morgan fingerprint density at radius 2 is 2.07 bits per heavy atom. The summed E-state index contributed by atoms with van der Waals surface area (Å²) in [6, 6.07) is 7.35. The number of nitrogens with zero attached hydrogens (tertiary/aromatic N) is 4. The normalized spacial score (nSPS) is 11.0. The summed E-state index contributed by atoms with van der Waals surface area (Å²) in [4.78, 5) is 21.2. The van der Waals surface area contributed by atoms with E-state index in [0.29, 0.717) is 28.5 Å². The number of anilines is 2. The summed E-state index contributed by atoms with van der Waals surface area (Å²) in [5.74, 6) is -0.104. The Morgan fingerprint density at radius 1 is 1.29 bits per heavy atom. The van der Waals surface area contributed by atoms with Crippen LogP contribution in [-0.4, -0.2) is 47.0 Å². The molecular weight excluding hydrogens is 433 g/mol. The van der Waals surface area contributed by atoms with Gasteiger partial charge in [-0.2, -0.15) is 0 Å². The Morgan fingerprint density at radius 3 is 2.75 bits per heavy atom. The summed E-state index contributed by atoms with van der Waals surface area (Å²) in [6.07, 6.45) is 1.30. The lowest BCUT2D eigenvalue weighted by molar-refractivity contribution is -0.385. The highest BCUT2D eigenvalue weighted by atomic mass is 79.9. The first-order valence-electron chi connectivity index (χ1n) is 8.28. The van der Waals surface area contributed by atoms with Crippen molar-refractivity contribution in [1.82, 2.24) is 14.9 Å². The summed E-state index contributed by atoms with van der Waals surface area (Å²) in [7, 11) is 3.76. The van der Waals surface area contributed by atoms with Crippen molar-refractivity contribution >= 4 is 44.0 Å². The number of benzene rings is 2. The van der Waals surface area contributed by atoms with E-state index in [-0.39, 0.29) is 22.9 Å². The van der Waals surface area contributed by atoms with Crippen molar-refractivity contribution in [1.29, 1.82) is 0 Å². The Hall–Kier alpha value is -2.85. The van der Waals surface area contributed by atoms with Crippen LogP contribution in [0.15, 0.2) is 41.1 Å². The molecule has 0 fully saturated rings. The molecule has 0 aliphatic carbocycles. The summed E-state index contributed by atoms with van der Waals surface area (Å²) in [5.41, 5.74) is 0.429. The van der Waals surface area contributed by atoms with Crippen LogP contribution in [0.4, 0.5) is 21.6 Å². The van der Waals surface area contributed by atoms with Gasteiger partial charge in [0, 0.05) is 23.2 Å². The molecule has 0 amide bonds. The number of nitrogens with one attached hydrogen (secondary N) is 1. The third-order valence-electron chi connectivity index (χ3n) is 3.89. The SMILES string of the molecule is CN(C)CCOc1cc2ncnc(Nc3ccc(Br)cc3F)c2cc1[N+](=O)[O-]. The second-order valence-corrected chi connectivity index (χ2v) is 7.13. The molecule has 1 heterocycles. The first-order chi connectivity index (χ1) is 13.3. The van der Waals surface area contributed by atoms with Crippen molar-refractivity contribution in [3.05, 3.63) is 57.1 Å². The number of ether oxygens (including phenoxy) is 1. The molecule has 146 valence electrons. The summed E-state index contributed by atoms with van der Waals surface area (Å²) in [6.45, 7) is 0.897. The smallest absolute Gasteiger partial charge is 0.311 e. The molecule has 0 unspecified atom stereocenters. The molecule has 0 bridgehead atoms. The molecule has 0 aliphatic heterocycles. The molecule has 0 saturated heterocycles. The molecule has 28 heavy (non-hydrogen) atoms. The summed E-state index contributed by atoms with van der Waals surface area (Å²) >= 11 is 3.20. The maximum absolute atomic E-state index is 14.1. The topological polar surface area (TPSA) is 93.4 Å². The quantitative estimate of drug-likeness (QED) is 0.428. The molecule has 1 aromatic heterocycles. The van der Waals surface area contributed by atoms with E-state index in [4.69, 9.17) is 4.74 Å². The highest BCUT2D eigenvalue weighted by molar-refractivity contribution is 9.10. The van der Waals surface area contributed by atoms with Gasteiger partial charge in [0.25, 0.3) is 0 Å². The van der Waals surface area contributed by atoms with Crippen LogP contribution in [0.2, 0.25) is 0 Å².